The molecule has 1 amide bonds. The fourth-order valence-electron chi connectivity index (χ4n) is 1.46. The Morgan fingerprint density at radius 2 is 2.33 bits per heavy atom. The maximum absolute atomic E-state index is 11.9. The average Bonchev–Trinajstić information content (AvgIpc) is 2.76. The molecule has 94 valence electrons. The number of hydrogen-bond acceptors (Lipinski definition) is 4. The van der Waals surface area contributed by atoms with Gasteiger partial charge in [0.05, 0.1) is 29.0 Å². The van der Waals surface area contributed by atoms with Crippen molar-refractivity contribution in [3.8, 4) is 0 Å². The Balaban J connectivity index is 2.06. The Labute approximate surface area is 109 Å². The minimum atomic E-state index is -0.317. The average molecular weight is 266 g/mol. The number of nitrogens with two attached hydrogens (primary N) is 1. The molecule has 0 aliphatic heterocycles. The van der Waals surface area contributed by atoms with Crippen molar-refractivity contribution < 1.29 is 9.21 Å². The van der Waals surface area contributed by atoms with Gasteiger partial charge < -0.3 is 15.5 Å². The maximum atomic E-state index is 11.9. The van der Waals surface area contributed by atoms with Gasteiger partial charge in [0.15, 0.2) is 0 Å². The number of nitrogens with one attached hydrogen (secondary N) is 1. The normalized spacial score (nSPS) is 10.3. The number of carbonyl (C=O) groups is 1. The van der Waals surface area contributed by atoms with E-state index in [-0.39, 0.29) is 17.5 Å². The summed E-state index contributed by atoms with van der Waals surface area (Å²) < 4.78 is 5.24. The molecule has 1 aromatic heterocycles. The molecule has 6 heteroatoms. The van der Waals surface area contributed by atoms with Crippen LogP contribution in [0.2, 0.25) is 5.02 Å². The van der Waals surface area contributed by atoms with Crippen LogP contribution in [0.1, 0.15) is 22.0 Å². The Kier molecular flexibility index (Phi) is 3.53. The van der Waals surface area contributed by atoms with E-state index in [9.17, 15) is 4.79 Å². The number of hydrogen-bond donors (Lipinski definition) is 2. The van der Waals surface area contributed by atoms with Gasteiger partial charge in [0, 0.05) is 0 Å². The van der Waals surface area contributed by atoms with Crippen molar-refractivity contribution in [1.29, 1.82) is 0 Å². The van der Waals surface area contributed by atoms with Crippen LogP contribution in [-0.4, -0.2) is 10.9 Å². The van der Waals surface area contributed by atoms with Gasteiger partial charge in [-0.2, -0.15) is 0 Å². The molecule has 3 N–H and O–H groups in total. The van der Waals surface area contributed by atoms with Crippen molar-refractivity contribution in [1.82, 2.24) is 10.3 Å². The fourth-order valence-corrected chi connectivity index (χ4v) is 1.67. The third kappa shape index (κ3) is 2.62. The van der Waals surface area contributed by atoms with E-state index >= 15 is 0 Å². The molecule has 0 bridgehead atoms. The molecular weight excluding hydrogens is 254 g/mol. The van der Waals surface area contributed by atoms with Crippen molar-refractivity contribution in [2.45, 2.75) is 13.5 Å². The Bertz CT molecular complexity index is 580. The van der Waals surface area contributed by atoms with Gasteiger partial charge in [-0.05, 0) is 19.1 Å². The minimum Gasteiger partial charge on any atom is -0.444 e. The minimum absolute atomic E-state index is 0.206. The molecule has 0 radical (unpaired) electrons. The number of nitrogens with zero attached hydrogens (tertiary/aromatic N) is 1. The fraction of sp³-hybridized carbons (Fsp3) is 0.167. The monoisotopic (exact) mass is 265 g/mol. The molecule has 0 spiro atoms. The Hall–Kier alpha value is -2.01. The summed E-state index contributed by atoms with van der Waals surface area (Å²) in [7, 11) is 0. The van der Waals surface area contributed by atoms with Crippen molar-refractivity contribution in [3.05, 3.63) is 46.6 Å². The lowest BCUT2D eigenvalue weighted by atomic mass is 10.2. The summed E-state index contributed by atoms with van der Waals surface area (Å²) in [4.78, 5) is 15.9. The third-order valence-electron chi connectivity index (χ3n) is 2.34. The zero-order valence-corrected chi connectivity index (χ0v) is 10.5. The number of amides is 1. The zero-order valence-electron chi connectivity index (χ0n) is 9.74. The number of carbonyl (C=O) groups excluding carboxylic acids is 1. The molecule has 0 fully saturated rings. The highest BCUT2D eigenvalue weighted by Crippen LogP contribution is 2.22. The summed E-state index contributed by atoms with van der Waals surface area (Å²) in [5.41, 5.74) is 6.33. The topological polar surface area (TPSA) is 81.2 Å². The first kappa shape index (κ1) is 12.4. The van der Waals surface area contributed by atoms with E-state index in [2.05, 4.69) is 10.3 Å². The summed E-state index contributed by atoms with van der Waals surface area (Å²) in [5, 5.41) is 2.91. The molecule has 0 aliphatic carbocycles. The van der Waals surface area contributed by atoms with Gasteiger partial charge in [-0.3, -0.25) is 4.79 Å². The number of aryl methyl sites for hydroxylation is 1. The molecule has 0 unspecified atom stereocenters. The van der Waals surface area contributed by atoms with E-state index in [1.807, 2.05) is 0 Å². The van der Waals surface area contributed by atoms with Crippen molar-refractivity contribution in [2.24, 2.45) is 0 Å². The third-order valence-corrected chi connectivity index (χ3v) is 2.76. The first-order valence-corrected chi connectivity index (χ1v) is 5.69. The second-order valence-corrected chi connectivity index (χ2v) is 4.13. The quantitative estimate of drug-likeness (QED) is 0.833. The van der Waals surface area contributed by atoms with Crippen LogP contribution >= 0.6 is 11.6 Å². The van der Waals surface area contributed by atoms with Gasteiger partial charge in [-0.15, -0.1) is 0 Å². The largest absolute Gasteiger partial charge is 0.444 e. The highest BCUT2D eigenvalue weighted by atomic mass is 35.5. The van der Waals surface area contributed by atoms with Gasteiger partial charge in [-0.25, -0.2) is 4.98 Å². The molecule has 0 saturated carbocycles. The van der Waals surface area contributed by atoms with Gasteiger partial charge in [-0.1, -0.05) is 17.7 Å². The lowest BCUT2D eigenvalue weighted by molar-refractivity contribution is 0.0947. The number of oxazole rings is 1. The van der Waals surface area contributed by atoms with Crippen molar-refractivity contribution >= 4 is 23.2 Å². The van der Waals surface area contributed by atoms with Crippen LogP contribution in [0.15, 0.2) is 28.8 Å². The molecule has 0 saturated heterocycles. The first-order chi connectivity index (χ1) is 8.58. The number of anilines is 1. The number of halogens is 1. The molecule has 1 heterocycles. The van der Waals surface area contributed by atoms with E-state index in [1.165, 1.54) is 0 Å². The molecule has 2 aromatic rings. The zero-order chi connectivity index (χ0) is 13.1. The van der Waals surface area contributed by atoms with Crippen LogP contribution < -0.4 is 11.1 Å². The smallest absolute Gasteiger partial charge is 0.253 e. The van der Waals surface area contributed by atoms with Crippen LogP contribution in [0.4, 0.5) is 5.69 Å². The van der Waals surface area contributed by atoms with Crippen LogP contribution in [0, 0.1) is 6.92 Å². The predicted molar refractivity (Wildman–Crippen MR) is 68.3 cm³/mol. The molecule has 5 nitrogen and oxygen atoms in total. The molecule has 2 rings (SSSR count). The lowest BCUT2D eigenvalue weighted by Crippen LogP contribution is -2.23. The van der Waals surface area contributed by atoms with Crippen molar-refractivity contribution in [3.63, 3.8) is 0 Å². The number of benzene rings is 1. The second-order valence-electron chi connectivity index (χ2n) is 3.76. The Morgan fingerprint density at radius 3 is 3.00 bits per heavy atom. The second kappa shape index (κ2) is 5.10. The number of nitrogen functional groups attached to an aromatic ring is 1. The lowest BCUT2D eigenvalue weighted by Gasteiger charge is -2.06. The van der Waals surface area contributed by atoms with E-state index in [4.69, 9.17) is 21.8 Å². The van der Waals surface area contributed by atoms with Crippen LogP contribution in [-0.2, 0) is 6.54 Å². The Morgan fingerprint density at radius 1 is 1.56 bits per heavy atom. The van der Waals surface area contributed by atoms with Crippen molar-refractivity contribution in [2.75, 3.05) is 5.73 Å². The van der Waals surface area contributed by atoms with E-state index in [0.717, 1.165) is 0 Å². The molecule has 1 aromatic carbocycles. The number of rotatable bonds is 3. The highest BCUT2D eigenvalue weighted by molar-refractivity contribution is 6.36. The number of aromatic nitrogens is 1. The predicted octanol–water partition coefficient (Wildman–Crippen LogP) is 2.15. The van der Waals surface area contributed by atoms with E-state index in [1.54, 1.807) is 31.3 Å². The van der Waals surface area contributed by atoms with E-state index in [0.29, 0.717) is 22.9 Å². The first-order valence-electron chi connectivity index (χ1n) is 5.31. The summed E-state index contributed by atoms with van der Waals surface area (Å²) in [5.74, 6) is 0.824. The van der Waals surface area contributed by atoms with Gasteiger partial charge in [0.25, 0.3) is 5.91 Å². The molecular formula is C12H12ClN3O2. The molecule has 0 aliphatic rings. The van der Waals surface area contributed by atoms with Crippen LogP contribution in [0.5, 0.6) is 0 Å². The molecule has 0 atom stereocenters. The summed E-state index contributed by atoms with van der Waals surface area (Å²) >= 11 is 5.95. The standard InChI is InChI=1S/C12H12ClN3O2/c1-7-5-15-10(18-7)6-16-12(17)8-3-2-4-9(14)11(8)13/h2-5H,6,14H2,1H3,(H,16,17). The van der Waals surface area contributed by atoms with Gasteiger partial charge in [0.1, 0.15) is 5.76 Å². The summed E-state index contributed by atoms with van der Waals surface area (Å²) in [6.07, 6.45) is 1.59. The SMILES string of the molecule is Cc1cnc(CNC(=O)c2cccc(N)c2Cl)o1. The molecule has 18 heavy (non-hydrogen) atoms. The van der Waals surface area contributed by atoms with Gasteiger partial charge >= 0.3 is 0 Å². The summed E-state index contributed by atoms with van der Waals surface area (Å²) in [6.45, 7) is 1.99. The van der Waals surface area contributed by atoms with Crippen LogP contribution in [0.25, 0.3) is 0 Å². The van der Waals surface area contributed by atoms with Crippen LogP contribution in [0.3, 0.4) is 0 Å². The summed E-state index contributed by atoms with van der Waals surface area (Å²) in [6, 6.07) is 4.91. The van der Waals surface area contributed by atoms with Gasteiger partial charge in [0.2, 0.25) is 5.89 Å². The highest BCUT2D eigenvalue weighted by Gasteiger charge is 2.12. The maximum Gasteiger partial charge on any atom is 0.253 e. The van der Waals surface area contributed by atoms with E-state index < -0.39 is 0 Å².